The second-order valence-electron chi connectivity index (χ2n) is 9.07. The van der Waals surface area contributed by atoms with Crippen molar-refractivity contribution in [3.05, 3.63) is 21.6 Å². The third-order valence-corrected chi connectivity index (χ3v) is 8.24. The van der Waals surface area contributed by atoms with Crippen LogP contribution in [0.3, 0.4) is 0 Å². The summed E-state index contributed by atoms with van der Waals surface area (Å²) < 4.78 is 35.7. The number of carbonyl (C=O) groups excluding carboxylic acids is 1. The minimum absolute atomic E-state index is 0.0386. The minimum Gasteiger partial charge on any atom is -0.444 e. The standard InChI is InChI=1S/C20H31ClN6O5S/c21-18-17(11-22-24-19(18)28)27-10-9-16(12-27)32-20(29)23-13-5-7-15(8-6-13)26-33(30,31)25-14-3-1-2-4-14/h11,13-16,25-26H,1-10,12H2,(H,23,29)(H,24,28)/t13-,15-,16-/m1/s1. The van der Waals surface area contributed by atoms with Crippen LogP contribution in [-0.4, -0.2) is 62.0 Å². The smallest absolute Gasteiger partial charge is 0.407 e. The summed E-state index contributed by atoms with van der Waals surface area (Å²) in [5, 5.41) is 9.03. The molecule has 1 aliphatic heterocycles. The molecule has 1 atom stereocenters. The summed E-state index contributed by atoms with van der Waals surface area (Å²) in [4.78, 5) is 25.9. The fourth-order valence-corrected chi connectivity index (χ4v) is 6.49. The molecule has 33 heavy (non-hydrogen) atoms. The number of nitrogens with one attached hydrogen (secondary N) is 4. The van der Waals surface area contributed by atoms with E-state index in [-0.39, 0.29) is 29.3 Å². The SMILES string of the molecule is O=C(N[C@H]1CC[C@H](NS(=O)(=O)NC2CCCC2)CC1)O[C@@H]1CCN(c2cn[nH]c(=O)c2Cl)C1. The quantitative estimate of drug-likeness (QED) is 0.441. The van der Waals surface area contributed by atoms with Crippen LogP contribution in [-0.2, 0) is 14.9 Å². The molecule has 0 aromatic carbocycles. The van der Waals surface area contributed by atoms with Crippen molar-refractivity contribution >= 4 is 33.6 Å². The lowest BCUT2D eigenvalue weighted by molar-refractivity contribution is 0.102. The van der Waals surface area contributed by atoms with Crippen molar-refractivity contribution in [2.45, 2.75) is 82.0 Å². The third kappa shape index (κ3) is 6.58. The molecule has 0 bridgehead atoms. The number of rotatable bonds is 7. The van der Waals surface area contributed by atoms with Crippen LogP contribution in [0.25, 0.3) is 0 Å². The Morgan fingerprint density at radius 1 is 1.06 bits per heavy atom. The molecule has 11 nitrogen and oxygen atoms in total. The number of hydrogen-bond donors (Lipinski definition) is 4. The number of ether oxygens (including phenoxy) is 1. The van der Waals surface area contributed by atoms with Gasteiger partial charge in [-0.3, -0.25) is 4.79 Å². The zero-order chi connectivity index (χ0) is 23.4. The molecule has 1 amide bonds. The average Bonchev–Trinajstić information content (AvgIpc) is 3.43. The topological polar surface area (TPSA) is 146 Å². The van der Waals surface area contributed by atoms with E-state index in [1.165, 1.54) is 6.20 Å². The number of anilines is 1. The highest BCUT2D eigenvalue weighted by atomic mass is 35.5. The van der Waals surface area contributed by atoms with Gasteiger partial charge in [0, 0.05) is 31.1 Å². The van der Waals surface area contributed by atoms with Crippen LogP contribution in [0.15, 0.2) is 11.0 Å². The molecule has 1 aromatic rings. The predicted octanol–water partition coefficient (Wildman–Crippen LogP) is 1.41. The Kier molecular flexibility index (Phi) is 7.77. The third-order valence-electron chi connectivity index (χ3n) is 6.58. The number of carbonyl (C=O) groups is 1. The molecule has 0 spiro atoms. The van der Waals surface area contributed by atoms with Crippen LogP contribution in [0, 0.1) is 0 Å². The van der Waals surface area contributed by atoms with Gasteiger partial charge in [0.25, 0.3) is 15.8 Å². The number of nitrogens with zero attached hydrogens (tertiary/aromatic N) is 2. The first-order chi connectivity index (χ1) is 15.8. The number of aromatic nitrogens is 2. The summed E-state index contributed by atoms with van der Waals surface area (Å²) >= 11 is 6.06. The molecule has 2 aliphatic carbocycles. The summed E-state index contributed by atoms with van der Waals surface area (Å²) in [5.74, 6) is 0. The lowest BCUT2D eigenvalue weighted by atomic mass is 9.92. The van der Waals surface area contributed by atoms with Crippen LogP contribution in [0.5, 0.6) is 0 Å². The first-order valence-electron chi connectivity index (χ1n) is 11.5. The van der Waals surface area contributed by atoms with Crippen LogP contribution in [0.1, 0.15) is 57.8 Å². The summed E-state index contributed by atoms with van der Waals surface area (Å²) in [6, 6.07) is -0.143. The number of aromatic amines is 1. The van der Waals surface area contributed by atoms with E-state index in [9.17, 15) is 18.0 Å². The highest BCUT2D eigenvalue weighted by Crippen LogP contribution is 2.26. The average molecular weight is 503 g/mol. The molecule has 13 heteroatoms. The van der Waals surface area contributed by atoms with Gasteiger partial charge in [0.05, 0.1) is 18.4 Å². The Bertz CT molecular complexity index is 991. The van der Waals surface area contributed by atoms with E-state index in [1.807, 2.05) is 4.90 Å². The maximum atomic E-state index is 12.4. The Labute approximate surface area is 198 Å². The minimum atomic E-state index is -3.51. The molecule has 2 saturated carbocycles. The lowest BCUT2D eigenvalue weighted by Gasteiger charge is -2.30. The van der Waals surface area contributed by atoms with Gasteiger partial charge < -0.3 is 15.0 Å². The van der Waals surface area contributed by atoms with Crippen LogP contribution >= 0.6 is 11.6 Å². The number of alkyl carbamates (subject to hydrolysis) is 1. The second kappa shape index (κ2) is 10.6. The molecular weight excluding hydrogens is 472 g/mol. The molecule has 1 aromatic heterocycles. The Morgan fingerprint density at radius 2 is 1.70 bits per heavy atom. The highest BCUT2D eigenvalue weighted by molar-refractivity contribution is 7.87. The summed E-state index contributed by atoms with van der Waals surface area (Å²) in [5.41, 5.74) is 0.0682. The largest absolute Gasteiger partial charge is 0.444 e. The fourth-order valence-electron chi connectivity index (χ4n) is 4.86. The molecule has 2 heterocycles. The van der Waals surface area contributed by atoms with Crippen molar-refractivity contribution < 1.29 is 17.9 Å². The number of halogens is 1. The predicted molar refractivity (Wildman–Crippen MR) is 124 cm³/mol. The molecule has 1 saturated heterocycles. The van der Waals surface area contributed by atoms with Gasteiger partial charge in [0.1, 0.15) is 11.1 Å². The maximum absolute atomic E-state index is 12.4. The molecule has 4 rings (SSSR count). The second-order valence-corrected chi connectivity index (χ2v) is 10.9. The van der Waals surface area contributed by atoms with Crippen molar-refractivity contribution in [2.24, 2.45) is 0 Å². The molecule has 3 aliphatic rings. The number of H-pyrrole nitrogens is 1. The van der Waals surface area contributed by atoms with Gasteiger partial charge in [-0.2, -0.15) is 23.0 Å². The first kappa shape index (κ1) is 24.2. The maximum Gasteiger partial charge on any atom is 0.407 e. The van der Waals surface area contributed by atoms with Gasteiger partial charge in [-0.05, 0) is 38.5 Å². The van der Waals surface area contributed by atoms with Crippen LogP contribution in [0.2, 0.25) is 5.02 Å². The van der Waals surface area contributed by atoms with Gasteiger partial charge in [-0.15, -0.1) is 0 Å². The van der Waals surface area contributed by atoms with E-state index < -0.39 is 21.9 Å². The van der Waals surface area contributed by atoms with Crippen molar-refractivity contribution in [1.82, 2.24) is 25.0 Å². The molecule has 0 unspecified atom stereocenters. The molecule has 4 N–H and O–H groups in total. The molecule has 0 radical (unpaired) electrons. The molecule has 3 fully saturated rings. The van der Waals surface area contributed by atoms with Crippen molar-refractivity contribution in [2.75, 3.05) is 18.0 Å². The van der Waals surface area contributed by atoms with E-state index in [1.54, 1.807) is 0 Å². The van der Waals surface area contributed by atoms with Crippen molar-refractivity contribution in [3.63, 3.8) is 0 Å². The lowest BCUT2D eigenvalue weighted by Crippen LogP contribution is -2.49. The first-order valence-corrected chi connectivity index (χ1v) is 13.4. The normalized spacial score (nSPS) is 26.5. The van der Waals surface area contributed by atoms with E-state index in [0.717, 1.165) is 25.7 Å². The van der Waals surface area contributed by atoms with E-state index in [4.69, 9.17) is 16.3 Å². The van der Waals surface area contributed by atoms with Gasteiger partial charge in [-0.1, -0.05) is 24.4 Å². The van der Waals surface area contributed by atoms with Crippen LogP contribution in [0.4, 0.5) is 10.5 Å². The monoisotopic (exact) mass is 502 g/mol. The summed E-state index contributed by atoms with van der Waals surface area (Å²) in [6.45, 7) is 1.03. The summed E-state index contributed by atoms with van der Waals surface area (Å²) in [7, 11) is -3.51. The van der Waals surface area contributed by atoms with Crippen molar-refractivity contribution in [3.8, 4) is 0 Å². The Balaban J connectivity index is 1.17. The number of amides is 1. The highest BCUT2D eigenvalue weighted by Gasteiger charge is 2.30. The Hall–Kier alpha value is -1.89. The zero-order valence-electron chi connectivity index (χ0n) is 18.4. The zero-order valence-corrected chi connectivity index (χ0v) is 20.0. The van der Waals surface area contributed by atoms with Gasteiger partial charge in [0.15, 0.2) is 0 Å². The van der Waals surface area contributed by atoms with E-state index in [0.29, 0.717) is 50.9 Å². The molecule has 184 valence electrons. The van der Waals surface area contributed by atoms with Crippen molar-refractivity contribution in [1.29, 1.82) is 0 Å². The summed E-state index contributed by atoms with van der Waals surface area (Å²) in [6.07, 6.45) is 7.90. The molecular formula is C20H31ClN6O5S. The van der Waals surface area contributed by atoms with E-state index in [2.05, 4.69) is 25.0 Å². The Morgan fingerprint density at radius 3 is 2.39 bits per heavy atom. The number of hydrogen-bond acceptors (Lipinski definition) is 7. The van der Waals surface area contributed by atoms with E-state index >= 15 is 0 Å². The fraction of sp³-hybridized carbons (Fsp3) is 0.750. The van der Waals surface area contributed by atoms with Gasteiger partial charge in [0.2, 0.25) is 0 Å². The van der Waals surface area contributed by atoms with Gasteiger partial charge >= 0.3 is 6.09 Å². The van der Waals surface area contributed by atoms with Crippen LogP contribution < -0.4 is 25.2 Å². The van der Waals surface area contributed by atoms with Gasteiger partial charge in [-0.25, -0.2) is 9.89 Å².